The summed E-state index contributed by atoms with van der Waals surface area (Å²) in [4.78, 5) is 0. The molecule has 10 atom stereocenters. The average molecular weight is 424 g/mol. The molecule has 1 aliphatic carbocycles. The molecule has 0 amide bonds. The van der Waals surface area contributed by atoms with Crippen LogP contribution in [0.5, 0.6) is 0 Å². The van der Waals surface area contributed by atoms with Gasteiger partial charge in [0.1, 0.15) is 36.6 Å². The molecule has 2 fully saturated rings. The van der Waals surface area contributed by atoms with E-state index in [-0.39, 0.29) is 13.0 Å². The Morgan fingerprint density at radius 1 is 0.931 bits per heavy atom. The second-order valence-electron chi connectivity index (χ2n) is 8.44. The van der Waals surface area contributed by atoms with Gasteiger partial charge in [0.05, 0.1) is 24.4 Å². The molecule has 10 heteroatoms. The first kappa shape index (κ1) is 24.9. The fourth-order valence-electron chi connectivity index (χ4n) is 3.86. The molecule has 0 aromatic rings. The van der Waals surface area contributed by atoms with Crippen LogP contribution in [0.2, 0.25) is 0 Å². The van der Waals surface area contributed by atoms with Crippen molar-refractivity contribution in [3.63, 3.8) is 0 Å². The number of aliphatic hydroxyl groups excluding tert-OH is 6. The Morgan fingerprint density at radius 3 is 2.07 bits per heavy atom. The maximum atomic E-state index is 10.6. The van der Waals surface area contributed by atoms with Gasteiger partial charge in [0.25, 0.3) is 0 Å². The molecule has 1 saturated carbocycles. The van der Waals surface area contributed by atoms with Crippen molar-refractivity contribution in [3.05, 3.63) is 0 Å². The van der Waals surface area contributed by atoms with Gasteiger partial charge >= 0.3 is 0 Å². The predicted molar refractivity (Wildman–Crippen MR) is 99.9 cm³/mol. The van der Waals surface area contributed by atoms with Crippen molar-refractivity contribution >= 4 is 0 Å². The highest BCUT2D eigenvalue weighted by molar-refractivity contribution is 4.97. The summed E-state index contributed by atoms with van der Waals surface area (Å²) < 4.78 is 22.2. The van der Waals surface area contributed by atoms with Crippen LogP contribution in [-0.2, 0) is 18.9 Å². The number of methoxy groups -OCH3 is 1. The Hall–Kier alpha value is -0.400. The summed E-state index contributed by atoms with van der Waals surface area (Å²) in [5.41, 5.74) is -0.518. The van der Waals surface area contributed by atoms with Gasteiger partial charge in [0.2, 0.25) is 0 Å². The van der Waals surface area contributed by atoms with E-state index in [4.69, 9.17) is 18.9 Å². The van der Waals surface area contributed by atoms with Crippen LogP contribution < -0.4 is 0 Å². The topological polar surface area (TPSA) is 158 Å². The van der Waals surface area contributed by atoms with E-state index >= 15 is 0 Å². The summed E-state index contributed by atoms with van der Waals surface area (Å²) in [6, 6.07) is 0. The zero-order valence-electron chi connectivity index (χ0n) is 17.4. The van der Waals surface area contributed by atoms with Gasteiger partial charge in [-0.3, -0.25) is 0 Å². The van der Waals surface area contributed by atoms with Crippen molar-refractivity contribution in [3.8, 4) is 0 Å². The van der Waals surface area contributed by atoms with Crippen LogP contribution in [0.15, 0.2) is 0 Å². The van der Waals surface area contributed by atoms with Crippen LogP contribution in [0.1, 0.15) is 33.6 Å². The van der Waals surface area contributed by atoms with Crippen LogP contribution in [0.4, 0.5) is 0 Å². The highest BCUT2D eigenvalue weighted by atomic mass is 16.7. The third kappa shape index (κ3) is 5.45. The summed E-state index contributed by atoms with van der Waals surface area (Å²) in [5.74, 6) is -0.605. The molecule has 10 nitrogen and oxygen atoms in total. The lowest BCUT2D eigenvalue weighted by atomic mass is 9.80. The fourth-order valence-corrected chi connectivity index (χ4v) is 3.86. The Morgan fingerprint density at radius 2 is 1.55 bits per heavy atom. The first-order valence-corrected chi connectivity index (χ1v) is 10.1. The van der Waals surface area contributed by atoms with E-state index in [1.54, 1.807) is 0 Å². The molecule has 0 radical (unpaired) electrons. The van der Waals surface area contributed by atoms with E-state index in [0.29, 0.717) is 6.42 Å². The second-order valence-corrected chi connectivity index (χ2v) is 8.44. The zero-order chi connectivity index (χ0) is 21.9. The molecule has 29 heavy (non-hydrogen) atoms. The average Bonchev–Trinajstić information content (AvgIpc) is 2.70. The molecule has 172 valence electrons. The van der Waals surface area contributed by atoms with Gasteiger partial charge in [0, 0.05) is 19.6 Å². The molecule has 0 bridgehead atoms. The number of hydrogen-bond donors (Lipinski definition) is 6. The molecule has 10 unspecified atom stereocenters. The van der Waals surface area contributed by atoms with Crippen molar-refractivity contribution < 1.29 is 49.6 Å². The van der Waals surface area contributed by atoms with Crippen molar-refractivity contribution in [2.24, 2.45) is 5.92 Å². The molecular formula is C19H36O10. The summed E-state index contributed by atoms with van der Waals surface area (Å²) >= 11 is 0. The highest BCUT2D eigenvalue weighted by Crippen LogP contribution is 2.35. The van der Waals surface area contributed by atoms with Crippen LogP contribution in [0.3, 0.4) is 0 Å². The van der Waals surface area contributed by atoms with Gasteiger partial charge in [-0.05, 0) is 26.7 Å². The minimum absolute atomic E-state index is 0.221. The number of rotatable bonds is 8. The maximum absolute atomic E-state index is 10.6. The Balaban J connectivity index is 2.13. The molecule has 0 spiro atoms. The predicted octanol–water partition coefficient (Wildman–Crippen LogP) is -1.87. The molecule has 1 saturated heterocycles. The van der Waals surface area contributed by atoms with Crippen molar-refractivity contribution in [2.75, 3.05) is 20.3 Å². The summed E-state index contributed by atoms with van der Waals surface area (Å²) in [5, 5.41) is 61.1. The van der Waals surface area contributed by atoms with Crippen LogP contribution in [-0.4, -0.2) is 112 Å². The monoisotopic (exact) mass is 424 g/mol. The third-order valence-electron chi connectivity index (χ3n) is 6.01. The highest BCUT2D eigenvalue weighted by Gasteiger charge is 2.50. The standard InChI is InChI=1S/C19H36O10/c1-5-19(2,3)29-10-6-9(7-20)16(13(23)12(10)22)28-18-15(25)14(24)17(26-4)11(8-21)27-18/h9-18,20-25H,5-8H2,1-4H3. The third-order valence-corrected chi connectivity index (χ3v) is 6.01. The molecular weight excluding hydrogens is 388 g/mol. The van der Waals surface area contributed by atoms with Gasteiger partial charge in [0.15, 0.2) is 6.29 Å². The van der Waals surface area contributed by atoms with Crippen LogP contribution >= 0.6 is 0 Å². The first-order chi connectivity index (χ1) is 13.6. The Kier molecular flexibility index (Phi) is 8.81. The number of ether oxygens (including phenoxy) is 4. The first-order valence-electron chi connectivity index (χ1n) is 10.1. The van der Waals surface area contributed by atoms with E-state index in [2.05, 4.69) is 0 Å². The minimum atomic E-state index is -1.51. The van der Waals surface area contributed by atoms with Crippen LogP contribution in [0, 0.1) is 5.92 Å². The van der Waals surface area contributed by atoms with Gasteiger partial charge in [-0.1, -0.05) is 6.92 Å². The summed E-state index contributed by atoms with van der Waals surface area (Å²) in [7, 11) is 1.31. The van der Waals surface area contributed by atoms with E-state index in [1.165, 1.54) is 7.11 Å². The van der Waals surface area contributed by atoms with Crippen molar-refractivity contribution in [2.45, 2.75) is 94.3 Å². The SMILES string of the molecule is CCC(C)(C)OC1CC(CO)C(OC2OC(CO)C(OC)C(O)C2O)C(O)C1O. The molecule has 6 N–H and O–H groups in total. The van der Waals surface area contributed by atoms with E-state index in [1.807, 2.05) is 20.8 Å². The lowest BCUT2D eigenvalue weighted by Gasteiger charge is -2.47. The van der Waals surface area contributed by atoms with Crippen LogP contribution in [0.25, 0.3) is 0 Å². The quantitative estimate of drug-likeness (QED) is 0.261. The lowest BCUT2D eigenvalue weighted by molar-refractivity contribution is -0.334. The van der Waals surface area contributed by atoms with Gasteiger partial charge in [-0.2, -0.15) is 0 Å². The largest absolute Gasteiger partial charge is 0.396 e. The van der Waals surface area contributed by atoms with Crippen molar-refractivity contribution in [1.82, 2.24) is 0 Å². The summed E-state index contributed by atoms with van der Waals surface area (Å²) in [6.45, 7) is 4.86. The second kappa shape index (κ2) is 10.3. The van der Waals surface area contributed by atoms with E-state index in [0.717, 1.165) is 0 Å². The van der Waals surface area contributed by atoms with Crippen molar-refractivity contribution in [1.29, 1.82) is 0 Å². The molecule has 1 aliphatic heterocycles. The van der Waals surface area contributed by atoms with E-state index < -0.39 is 73.2 Å². The lowest BCUT2D eigenvalue weighted by Crippen LogP contribution is -2.63. The number of aliphatic hydroxyl groups is 6. The molecule has 2 rings (SSSR count). The maximum Gasteiger partial charge on any atom is 0.187 e. The zero-order valence-corrected chi connectivity index (χ0v) is 17.4. The van der Waals surface area contributed by atoms with Gasteiger partial charge in [-0.15, -0.1) is 0 Å². The summed E-state index contributed by atoms with van der Waals surface area (Å²) in [6.07, 6.45) is -9.78. The Labute approximate surface area is 171 Å². The molecule has 2 aliphatic rings. The molecule has 1 heterocycles. The van der Waals surface area contributed by atoms with Gasteiger partial charge < -0.3 is 49.6 Å². The Bertz CT molecular complexity index is 499. The fraction of sp³-hybridized carbons (Fsp3) is 1.00. The van der Waals surface area contributed by atoms with Gasteiger partial charge in [-0.25, -0.2) is 0 Å². The van der Waals surface area contributed by atoms with E-state index in [9.17, 15) is 30.6 Å². The normalized spacial score (nSPS) is 44.1. The minimum Gasteiger partial charge on any atom is -0.396 e. The number of hydrogen-bond acceptors (Lipinski definition) is 10. The molecule has 0 aromatic heterocycles. The molecule has 0 aromatic carbocycles. The smallest absolute Gasteiger partial charge is 0.187 e.